The fourth-order valence-corrected chi connectivity index (χ4v) is 2.44. The molecule has 2 aromatic rings. The van der Waals surface area contributed by atoms with Gasteiger partial charge in [0.15, 0.2) is 0 Å². The molecular weight excluding hydrogens is 301 g/mol. The second kappa shape index (κ2) is 6.75. The molecule has 3 rings (SSSR count). The molecule has 2 heterocycles. The van der Waals surface area contributed by atoms with Crippen molar-refractivity contribution >= 4 is 5.97 Å². The predicted octanol–water partition coefficient (Wildman–Crippen LogP) is 2.31. The van der Waals surface area contributed by atoms with E-state index in [2.05, 4.69) is 0 Å². The summed E-state index contributed by atoms with van der Waals surface area (Å²) in [5.41, 5.74) is 0.421. The second-order valence-electron chi connectivity index (χ2n) is 5.34. The lowest BCUT2D eigenvalue weighted by atomic mass is 10.2. The van der Waals surface area contributed by atoms with E-state index >= 15 is 0 Å². The highest BCUT2D eigenvalue weighted by Crippen LogP contribution is 2.13. The monoisotopic (exact) mass is 317 g/mol. The minimum Gasteiger partial charge on any atom is -0.459 e. The summed E-state index contributed by atoms with van der Waals surface area (Å²) >= 11 is 0. The van der Waals surface area contributed by atoms with E-state index in [1.54, 1.807) is 0 Å². The first-order chi connectivity index (χ1) is 11.1. The van der Waals surface area contributed by atoms with Gasteiger partial charge < -0.3 is 9.47 Å². The number of nitrogens with zero attached hydrogens (tertiary/aromatic N) is 1. The third-order valence-electron chi connectivity index (χ3n) is 3.68. The van der Waals surface area contributed by atoms with E-state index in [0.717, 1.165) is 12.8 Å². The molecule has 0 N–H and O–H groups in total. The van der Waals surface area contributed by atoms with Gasteiger partial charge in [0.25, 0.3) is 5.56 Å². The molecule has 1 atom stereocenters. The van der Waals surface area contributed by atoms with Crippen LogP contribution in [-0.2, 0) is 9.47 Å². The van der Waals surface area contributed by atoms with Gasteiger partial charge in [-0.3, -0.25) is 9.36 Å². The summed E-state index contributed by atoms with van der Waals surface area (Å²) in [6.07, 6.45) is 3.19. The quantitative estimate of drug-likeness (QED) is 0.812. The van der Waals surface area contributed by atoms with Crippen LogP contribution in [0.1, 0.15) is 23.2 Å². The molecule has 6 heteroatoms. The topological polar surface area (TPSA) is 57.5 Å². The number of ether oxygens (including phenoxy) is 2. The Morgan fingerprint density at radius 2 is 2.04 bits per heavy atom. The van der Waals surface area contributed by atoms with Gasteiger partial charge in [0.05, 0.1) is 11.7 Å². The van der Waals surface area contributed by atoms with Crippen molar-refractivity contribution < 1.29 is 18.7 Å². The van der Waals surface area contributed by atoms with Crippen LogP contribution in [0.3, 0.4) is 0 Å². The van der Waals surface area contributed by atoms with Gasteiger partial charge in [0.1, 0.15) is 12.4 Å². The zero-order valence-corrected chi connectivity index (χ0v) is 12.4. The van der Waals surface area contributed by atoms with E-state index in [9.17, 15) is 14.0 Å². The van der Waals surface area contributed by atoms with Crippen molar-refractivity contribution in [3.63, 3.8) is 0 Å². The first-order valence-corrected chi connectivity index (χ1v) is 7.41. The van der Waals surface area contributed by atoms with Crippen LogP contribution in [-0.4, -0.2) is 29.9 Å². The smallest absolute Gasteiger partial charge is 0.339 e. The molecule has 1 aliphatic rings. The summed E-state index contributed by atoms with van der Waals surface area (Å²) in [4.78, 5) is 24.0. The third-order valence-corrected chi connectivity index (χ3v) is 3.68. The summed E-state index contributed by atoms with van der Waals surface area (Å²) < 4.78 is 24.9. The number of esters is 1. The van der Waals surface area contributed by atoms with Gasteiger partial charge in [-0.05, 0) is 43.2 Å². The highest BCUT2D eigenvalue weighted by Gasteiger charge is 2.18. The Morgan fingerprint density at radius 1 is 1.26 bits per heavy atom. The fourth-order valence-electron chi connectivity index (χ4n) is 2.44. The van der Waals surface area contributed by atoms with Gasteiger partial charge in [-0.1, -0.05) is 0 Å². The highest BCUT2D eigenvalue weighted by molar-refractivity contribution is 5.89. The molecule has 0 aliphatic carbocycles. The molecule has 5 nitrogen and oxygen atoms in total. The van der Waals surface area contributed by atoms with Crippen molar-refractivity contribution in [1.29, 1.82) is 0 Å². The zero-order valence-electron chi connectivity index (χ0n) is 12.4. The SMILES string of the molecule is O=C(OC[C@@H]1CCCO1)c1ccc(=O)n(-c2ccc(F)cc2)c1. The first kappa shape index (κ1) is 15.4. The molecule has 1 saturated heterocycles. The van der Waals surface area contributed by atoms with Crippen LogP contribution in [0.5, 0.6) is 0 Å². The van der Waals surface area contributed by atoms with Crippen molar-refractivity contribution in [2.75, 3.05) is 13.2 Å². The minimum absolute atomic E-state index is 0.0537. The fraction of sp³-hybridized carbons (Fsp3) is 0.294. The van der Waals surface area contributed by atoms with Gasteiger partial charge in [-0.25, -0.2) is 9.18 Å². The lowest BCUT2D eigenvalue weighted by molar-refractivity contribution is 0.0161. The number of halogens is 1. The van der Waals surface area contributed by atoms with E-state index in [0.29, 0.717) is 12.3 Å². The molecule has 0 amide bonds. The average molecular weight is 317 g/mol. The number of pyridine rings is 1. The molecule has 1 fully saturated rings. The number of benzene rings is 1. The number of rotatable bonds is 4. The van der Waals surface area contributed by atoms with E-state index in [1.165, 1.54) is 47.2 Å². The van der Waals surface area contributed by atoms with Crippen LogP contribution in [0.15, 0.2) is 47.4 Å². The lowest BCUT2D eigenvalue weighted by Crippen LogP contribution is -2.21. The largest absolute Gasteiger partial charge is 0.459 e. The number of carbonyl (C=O) groups is 1. The van der Waals surface area contributed by atoms with Crippen molar-refractivity contribution in [3.8, 4) is 5.69 Å². The van der Waals surface area contributed by atoms with Crippen molar-refractivity contribution in [2.24, 2.45) is 0 Å². The Hall–Kier alpha value is -2.47. The molecule has 0 saturated carbocycles. The Morgan fingerprint density at radius 3 is 2.74 bits per heavy atom. The Bertz CT molecular complexity index is 748. The van der Waals surface area contributed by atoms with E-state index in [4.69, 9.17) is 9.47 Å². The normalized spacial score (nSPS) is 17.2. The second-order valence-corrected chi connectivity index (χ2v) is 5.34. The molecule has 1 aromatic heterocycles. The zero-order chi connectivity index (χ0) is 16.2. The summed E-state index contributed by atoms with van der Waals surface area (Å²) in [7, 11) is 0. The van der Waals surface area contributed by atoms with Crippen LogP contribution in [0.4, 0.5) is 4.39 Å². The maximum atomic E-state index is 13.0. The Kier molecular flexibility index (Phi) is 4.52. The van der Waals surface area contributed by atoms with Crippen molar-refractivity contribution in [1.82, 2.24) is 4.57 Å². The van der Waals surface area contributed by atoms with Gasteiger partial charge in [-0.2, -0.15) is 0 Å². The van der Waals surface area contributed by atoms with Crippen LogP contribution in [0.2, 0.25) is 0 Å². The highest BCUT2D eigenvalue weighted by atomic mass is 19.1. The molecule has 1 aliphatic heterocycles. The third kappa shape index (κ3) is 3.65. The minimum atomic E-state index is -0.517. The molecule has 0 unspecified atom stereocenters. The molecule has 0 bridgehead atoms. The number of aromatic nitrogens is 1. The van der Waals surface area contributed by atoms with Crippen molar-refractivity contribution in [3.05, 3.63) is 64.3 Å². The van der Waals surface area contributed by atoms with E-state index < -0.39 is 11.8 Å². The maximum Gasteiger partial charge on any atom is 0.339 e. The summed E-state index contributed by atoms with van der Waals surface area (Å²) in [5.74, 6) is -0.912. The van der Waals surface area contributed by atoms with Crippen LogP contribution < -0.4 is 5.56 Å². The van der Waals surface area contributed by atoms with Crippen molar-refractivity contribution in [2.45, 2.75) is 18.9 Å². The molecule has 23 heavy (non-hydrogen) atoms. The van der Waals surface area contributed by atoms with Crippen LogP contribution in [0, 0.1) is 5.82 Å². The molecule has 1 aromatic carbocycles. The Balaban J connectivity index is 1.77. The summed E-state index contributed by atoms with van der Waals surface area (Å²) in [5, 5.41) is 0. The van der Waals surface area contributed by atoms with Gasteiger partial charge in [0.2, 0.25) is 0 Å². The first-order valence-electron chi connectivity index (χ1n) is 7.41. The average Bonchev–Trinajstić information content (AvgIpc) is 3.07. The summed E-state index contributed by atoms with van der Waals surface area (Å²) in [6, 6.07) is 8.15. The van der Waals surface area contributed by atoms with Gasteiger partial charge in [0, 0.05) is 24.6 Å². The van der Waals surface area contributed by atoms with Crippen LogP contribution in [0.25, 0.3) is 5.69 Å². The maximum absolute atomic E-state index is 13.0. The number of hydrogen-bond acceptors (Lipinski definition) is 4. The molecular formula is C17H16FNO4. The van der Waals surface area contributed by atoms with Crippen LogP contribution >= 0.6 is 0 Å². The molecule has 120 valence electrons. The number of hydrogen-bond donors (Lipinski definition) is 0. The van der Waals surface area contributed by atoms with E-state index in [1.807, 2.05) is 0 Å². The lowest BCUT2D eigenvalue weighted by Gasteiger charge is -2.11. The Labute approximate surface area is 132 Å². The standard InChI is InChI=1S/C17H16FNO4/c18-13-4-6-14(7-5-13)19-10-12(3-8-16(19)20)17(21)23-11-15-2-1-9-22-15/h3-8,10,15H,1-2,9,11H2/t15-/m0/s1. The summed E-state index contributed by atoms with van der Waals surface area (Å²) in [6.45, 7) is 0.895. The molecule has 0 radical (unpaired) electrons. The van der Waals surface area contributed by atoms with Gasteiger partial charge in [-0.15, -0.1) is 0 Å². The number of carbonyl (C=O) groups excluding carboxylic acids is 1. The molecule has 0 spiro atoms. The van der Waals surface area contributed by atoms with E-state index in [-0.39, 0.29) is 23.8 Å². The van der Waals surface area contributed by atoms with Gasteiger partial charge >= 0.3 is 5.97 Å². The predicted molar refractivity (Wildman–Crippen MR) is 81.3 cm³/mol.